The van der Waals surface area contributed by atoms with E-state index in [9.17, 15) is 4.79 Å². The quantitative estimate of drug-likeness (QED) is 0.571. The summed E-state index contributed by atoms with van der Waals surface area (Å²) in [6, 6.07) is 15.4. The average molecular weight is 354 g/mol. The van der Waals surface area contributed by atoms with Crippen LogP contribution < -0.4 is 0 Å². The lowest BCUT2D eigenvalue weighted by Gasteiger charge is -2.10. The molecule has 4 heteroatoms. The molecule has 0 fully saturated rings. The van der Waals surface area contributed by atoms with Gasteiger partial charge in [-0.2, -0.15) is 0 Å². The van der Waals surface area contributed by atoms with E-state index >= 15 is 0 Å². The number of alkyl halides is 1. The van der Waals surface area contributed by atoms with E-state index in [1.165, 1.54) is 0 Å². The fraction of sp³-hybridized carbons (Fsp3) is 0.188. The average Bonchev–Trinajstić information content (AvgIpc) is 2.47. The molecule has 0 saturated heterocycles. The third-order valence-corrected chi connectivity index (χ3v) is 4.11. The van der Waals surface area contributed by atoms with Gasteiger partial charge in [-0.1, -0.05) is 70.0 Å². The lowest BCUT2D eigenvalue weighted by molar-refractivity contribution is -0.142. The summed E-state index contributed by atoms with van der Waals surface area (Å²) in [7, 11) is 0. The molecule has 0 bridgehead atoms. The molecule has 20 heavy (non-hydrogen) atoms. The van der Waals surface area contributed by atoms with Gasteiger partial charge in [-0.3, -0.25) is 4.79 Å². The number of carbonyl (C=O) groups excluding carboxylic acids is 1. The first kappa shape index (κ1) is 15.1. The Bertz CT molecular complexity index is 596. The van der Waals surface area contributed by atoms with Crippen molar-refractivity contribution >= 4 is 33.5 Å². The van der Waals surface area contributed by atoms with Gasteiger partial charge >= 0.3 is 5.97 Å². The monoisotopic (exact) mass is 352 g/mol. The number of hydrogen-bond donors (Lipinski definition) is 0. The van der Waals surface area contributed by atoms with E-state index in [0.29, 0.717) is 11.6 Å². The maximum absolute atomic E-state index is 11.7. The summed E-state index contributed by atoms with van der Waals surface area (Å²) in [6.07, 6.45) is 0. The first-order valence-electron chi connectivity index (χ1n) is 6.29. The molecule has 2 nitrogen and oxygen atoms in total. The summed E-state index contributed by atoms with van der Waals surface area (Å²) in [5.74, 6) is -0.280. The maximum atomic E-state index is 11.7. The summed E-state index contributed by atoms with van der Waals surface area (Å²) < 4.78 is 4.99. The Morgan fingerprint density at radius 3 is 2.45 bits per heavy atom. The van der Waals surface area contributed by atoms with Gasteiger partial charge in [0.05, 0.1) is 6.61 Å². The molecule has 0 aromatic heterocycles. The molecule has 0 aliphatic heterocycles. The standard InChI is InChI=1S/C16H14BrClO2/c1-2-20-16(19)15(17)12-9-7-11(8-10-12)13-5-3-4-6-14(13)18/h3-10,15H,2H2,1H3. The highest BCUT2D eigenvalue weighted by molar-refractivity contribution is 9.09. The van der Waals surface area contributed by atoms with Crippen LogP contribution in [0.25, 0.3) is 11.1 Å². The van der Waals surface area contributed by atoms with Gasteiger partial charge in [-0.05, 0) is 24.1 Å². The van der Waals surface area contributed by atoms with E-state index in [1.807, 2.05) is 48.5 Å². The van der Waals surface area contributed by atoms with E-state index in [4.69, 9.17) is 16.3 Å². The molecule has 0 N–H and O–H groups in total. The number of esters is 1. The minimum absolute atomic E-state index is 0.280. The Balaban J connectivity index is 2.23. The second-order valence-corrected chi connectivity index (χ2v) is 5.54. The molecule has 0 aliphatic carbocycles. The molecule has 2 aromatic rings. The predicted molar refractivity (Wildman–Crippen MR) is 85.2 cm³/mol. The summed E-state index contributed by atoms with van der Waals surface area (Å²) >= 11 is 9.52. The SMILES string of the molecule is CCOC(=O)C(Br)c1ccc(-c2ccccc2Cl)cc1. The molecule has 1 atom stereocenters. The first-order chi connectivity index (χ1) is 9.63. The summed E-state index contributed by atoms with van der Waals surface area (Å²) in [5.41, 5.74) is 2.85. The van der Waals surface area contributed by atoms with Crippen molar-refractivity contribution in [1.29, 1.82) is 0 Å². The molecule has 1 unspecified atom stereocenters. The van der Waals surface area contributed by atoms with Crippen LogP contribution in [0.1, 0.15) is 17.3 Å². The van der Waals surface area contributed by atoms with Gasteiger partial charge in [-0.25, -0.2) is 0 Å². The Labute approximate surface area is 131 Å². The highest BCUT2D eigenvalue weighted by atomic mass is 79.9. The zero-order valence-corrected chi connectivity index (χ0v) is 13.3. The number of halogens is 2. The third-order valence-electron chi connectivity index (χ3n) is 2.88. The van der Waals surface area contributed by atoms with E-state index in [-0.39, 0.29) is 5.97 Å². The molecular formula is C16H14BrClO2. The predicted octanol–water partition coefficient (Wildman–Crippen LogP) is 5.01. The topological polar surface area (TPSA) is 26.3 Å². The third kappa shape index (κ3) is 3.41. The first-order valence-corrected chi connectivity index (χ1v) is 7.58. The van der Waals surface area contributed by atoms with Gasteiger partial charge in [0.2, 0.25) is 0 Å². The zero-order chi connectivity index (χ0) is 14.5. The van der Waals surface area contributed by atoms with Crippen molar-refractivity contribution < 1.29 is 9.53 Å². The van der Waals surface area contributed by atoms with Crippen LogP contribution in [-0.2, 0) is 9.53 Å². The molecular weight excluding hydrogens is 340 g/mol. The van der Waals surface area contributed by atoms with Gasteiger partial charge in [0.1, 0.15) is 4.83 Å². The van der Waals surface area contributed by atoms with E-state index in [0.717, 1.165) is 16.7 Å². The van der Waals surface area contributed by atoms with Crippen LogP contribution in [0.5, 0.6) is 0 Å². The van der Waals surface area contributed by atoms with E-state index in [2.05, 4.69) is 15.9 Å². The number of ether oxygens (including phenoxy) is 1. The minimum Gasteiger partial charge on any atom is -0.465 e. The molecule has 0 aliphatic rings. The smallest absolute Gasteiger partial charge is 0.324 e. The fourth-order valence-corrected chi connectivity index (χ4v) is 2.56. The molecule has 0 radical (unpaired) electrons. The molecule has 0 saturated carbocycles. The lowest BCUT2D eigenvalue weighted by atomic mass is 10.0. The van der Waals surface area contributed by atoms with Gasteiger partial charge < -0.3 is 4.74 Å². The summed E-state index contributed by atoms with van der Waals surface area (Å²) in [6.45, 7) is 2.16. The van der Waals surface area contributed by atoms with Gasteiger partial charge in [0.15, 0.2) is 0 Å². The molecule has 2 aromatic carbocycles. The van der Waals surface area contributed by atoms with Crippen LogP contribution in [0, 0.1) is 0 Å². The van der Waals surface area contributed by atoms with Crippen LogP contribution in [0.2, 0.25) is 5.02 Å². The normalized spacial score (nSPS) is 11.9. The largest absolute Gasteiger partial charge is 0.465 e. The summed E-state index contributed by atoms with van der Waals surface area (Å²) in [5, 5.41) is 0.709. The van der Waals surface area contributed by atoms with Crippen LogP contribution in [0.15, 0.2) is 48.5 Å². The lowest BCUT2D eigenvalue weighted by Crippen LogP contribution is -2.10. The second kappa shape index (κ2) is 6.91. The van der Waals surface area contributed by atoms with Crippen molar-refractivity contribution in [2.24, 2.45) is 0 Å². The van der Waals surface area contributed by atoms with Crippen LogP contribution in [0.3, 0.4) is 0 Å². The fourth-order valence-electron chi connectivity index (χ4n) is 1.88. The van der Waals surface area contributed by atoms with Crippen molar-refractivity contribution in [3.63, 3.8) is 0 Å². The Kier molecular flexibility index (Phi) is 5.21. The number of rotatable bonds is 4. The van der Waals surface area contributed by atoms with E-state index < -0.39 is 4.83 Å². The van der Waals surface area contributed by atoms with Crippen molar-refractivity contribution in [3.05, 3.63) is 59.1 Å². The van der Waals surface area contributed by atoms with E-state index in [1.54, 1.807) is 6.92 Å². The zero-order valence-electron chi connectivity index (χ0n) is 11.0. The number of carbonyl (C=O) groups is 1. The highest BCUT2D eigenvalue weighted by Crippen LogP contribution is 2.30. The van der Waals surface area contributed by atoms with Crippen molar-refractivity contribution in [3.8, 4) is 11.1 Å². The molecule has 0 heterocycles. The maximum Gasteiger partial charge on any atom is 0.324 e. The second-order valence-electron chi connectivity index (χ2n) is 4.22. The summed E-state index contributed by atoms with van der Waals surface area (Å²) in [4.78, 5) is 11.2. The van der Waals surface area contributed by atoms with Crippen molar-refractivity contribution in [2.75, 3.05) is 6.61 Å². The van der Waals surface area contributed by atoms with Crippen molar-refractivity contribution in [1.82, 2.24) is 0 Å². The van der Waals surface area contributed by atoms with Crippen LogP contribution in [0.4, 0.5) is 0 Å². The Morgan fingerprint density at radius 2 is 1.85 bits per heavy atom. The van der Waals surface area contributed by atoms with Gasteiger partial charge in [0.25, 0.3) is 0 Å². The molecule has 0 spiro atoms. The van der Waals surface area contributed by atoms with Crippen LogP contribution >= 0.6 is 27.5 Å². The Morgan fingerprint density at radius 1 is 1.20 bits per heavy atom. The van der Waals surface area contributed by atoms with Gasteiger partial charge in [0, 0.05) is 10.6 Å². The molecule has 2 rings (SSSR count). The number of benzene rings is 2. The van der Waals surface area contributed by atoms with Crippen LogP contribution in [-0.4, -0.2) is 12.6 Å². The number of hydrogen-bond acceptors (Lipinski definition) is 2. The minimum atomic E-state index is -0.442. The molecule has 104 valence electrons. The van der Waals surface area contributed by atoms with Crippen molar-refractivity contribution in [2.45, 2.75) is 11.8 Å². The highest BCUT2D eigenvalue weighted by Gasteiger charge is 2.18. The molecule has 0 amide bonds. The Hall–Kier alpha value is -1.32. The van der Waals surface area contributed by atoms with Gasteiger partial charge in [-0.15, -0.1) is 0 Å².